The summed E-state index contributed by atoms with van der Waals surface area (Å²) in [5.41, 5.74) is -0.293. The maximum atomic E-state index is 14.9. The number of fused-ring (bicyclic) bond motifs is 4. The number of phenols is 1. The average Bonchev–Trinajstić information content (AvgIpc) is 3.64. The fourth-order valence-corrected chi connectivity index (χ4v) is 6.42. The number of hydrogen-bond donors (Lipinski definition) is 2. The van der Waals surface area contributed by atoms with Crippen molar-refractivity contribution < 1.29 is 21.1 Å². The lowest BCUT2D eigenvalue weighted by Gasteiger charge is -2.34. The maximum absolute atomic E-state index is 14.9. The van der Waals surface area contributed by atoms with Crippen LogP contribution in [0.5, 0.6) is 11.8 Å². The van der Waals surface area contributed by atoms with Crippen LogP contribution in [-0.2, 0) is 6.42 Å². The van der Waals surface area contributed by atoms with Gasteiger partial charge in [0.25, 0.3) is 5.56 Å². The number of phenolic OH excluding ortho intramolecular Hbond substituents is 1. The molecule has 0 amide bonds. The summed E-state index contributed by atoms with van der Waals surface area (Å²) in [6, 6.07) is 4.59. The van der Waals surface area contributed by atoms with Crippen molar-refractivity contribution in [3.63, 3.8) is 0 Å². The van der Waals surface area contributed by atoms with Crippen LogP contribution < -0.4 is 20.5 Å². The van der Waals surface area contributed by atoms with Crippen LogP contribution in [0.1, 0.15) is 45.0 Å². The molecule has 0 unspecified atom stereocenters. The van der Waals surface area contributed by atoms with Gasteiger partial charge in [0, 0.05) is 46.8 Å². The lowest BCUT2D eigenvalue weighted by Crippen LogP contribution is -2.51. The lowest BCUT2D eigenvalue weighted by atomic mass is 10.00. The van der Waals surface area contributed by atoms with Crippen molar-refractivity contribution in [3.8, 4) is 17.4 Å². The predicted octanol–water partition coefficient (Wildman–Crippen LogP) is 3.15. The number of ether oxygens (including phenoxy) is 1. The number of halogens is 1. The van der Waals surface area contributed by atoms with E-state index in [2.05, 4.69) is 20.4 Å². The number of likely N-dealkylation sites (tertiary alicyclic amines) is 1. The summed E-state index contributed by atoms with van der Waals surface area (Å²) in [6.45, 7) is -1.87. The molecule has 0 aliphatic carbocycles. The molecule has 3 aliphatic heterocycles. The highest BCUT2D eigenvalue weighted by molar-refractivity contribution is 5.95. The average molecular weight is 565 g/mol. The number of piperazine rings is 1. The van der Waals surface area contributed by atoms with E-state index in [0.29, 0.717) is 53.5 Å². The number of aromatic hydroxyl groups is 1. The Kier molecular flexibility index (Phi) is 5.22. The van der Waals surface area contributed by atoms with Gasteiger partial charge in [-0.1, -0.05) is 13.0 Å². The van der Waals surface area contributed by atoms with E-state index in [0.717, 1.165) is 22.4 Å². The largest absolute Gasteiger partial charge is 0.508 e. The quantitative estimate of drug-likeness (QED) is 0.365. The first-order valence-electron chi connectivity index (χ1n) is 16.6. The molecule has 10 nitrogen and oxygen atoms in total. The molecule has 11 heteroatoms. The maximum Gasteiger partial charge on any atom is 0.319 e. The lowest BCUT2D eigenvalue weighted by molar-refractivity contribution is 0.188. The van der Waals surface area contributed by atoms with Crippen molar-refractivity contribution in [3.05, 3.63) is 52.2 Å². The van der Waals surface area contributed by atoms with Crippen LogP contribution in [-0.4, -0.2) is 81.0 Å². The summed E-state index contributed by atoms with van der Waals surface area (Å²) in [5, 5.41) is 19.8. The normalized spacial score (nSPS) is 25.2. The zero-order valence-corrected chi connectivity index (χ0v) is 22.6. The van der Waals surface area contributed by atoms with Crippen molar-refractivity contribution in [1.82, 2.24) is 30.0 Å². The van der Waals surface area contributed by atoms with E-state index in [9.17, 15) is 14.3 Å². The highest BCUT2D eigenvalue weighted by Gasteiger charge is 2.34. The van der Waals surface area contributed by atoms with Crippen molar-refractivity contribution in [2.75, 3.05) is 38.1 Å². The Balaban J connectivity index is 1.40. The van der Waals surface area contributed by atoms with Crippen LogP contribution in [0.4, 0.5) is 10.2 Å². The van der Waals surface area contributed by atoms with Gasteiger partial charge in [0.2, 0.25) is 0 Å². The monoisotopic (exact) mass is 564 g/mol. The van der Waals surface area contributed by atoms with Gasteiger partial charge in [-0.25, -0.2) is 4.39 Å². The van der Waals surface area contributed by atoms with Crippen molar-refractivity contribution in [2.24, 2.45) is 0 Å². The third-order valence-electron chi connectivity index (χ3n) is 8.37. The van der Waals surface area contributed by atoms with E-state index >= 15 is 0 Å². The first-order chi connectivity index (χ1) is 21.8. The minimum Gasteiger partial charge on any atom is -0.508 e. The van der Waals surface area contributed by atoms with Crippen LogP contribution in [0.15, 0.2) is 35.3 Å². The van der Waals surface area contributed by atoms with E-state index in [1.165, 1.54) is 30.5 Å². The molecular weight excluding hydrogens is 525 g/mol. The number of nitrogens with zero attached hydrogens (tertiary/aromatic N) is 6. The number of nitrogens with one attached hydrogen (secondary N) is 1. The van der Waals surface area contributed by atoms with E-state index < -0.39 is 37.0 Å². The van der Waals surface area contributed by atoms with Gasteiger partial charge < -0.3 is 25.0 Å². The minimum atomic E-state index is -2.52. The Morgan fingerprint density at radius 2 is 2.05 bits per heavy atom. The van der Waals surface area contributed by atoms with Gasteiger partial charge in [-0.05, 0) is 68.7 Å². The Hall–Kier alpha value is -3.83. The topological polar surface area (TPSA) is 109 Å². The van der Waals surface area contributed by atoms with Gasteiger partial charge in [-0.3, -0.25) is 4.79 Å². The number of hydrogen-bond acceptors (Lipinski definition) is 9. The second-order valence-corrected chi connectivity index (χ2v) is 11.0. The second-order valence-electron chi connectivity index (χ2n) is 11.0. The second kappa shape index (κ2) is 10.2. The molecule has 2 bridgehead atoms. The van der Waals surface area contributed by atoms with Gasteiger partial charge in [-0.2, -0.15) is 19.7 Å². The third-order valence-corrected chi connectivity index (χ3v) is 8.37. The Bertz CT molecular complexity index is 1890. The van der Waals surface area contributed by atoms with E-state index in [-0.39, 0.29) is 42.0 Å². The highest BCUT2D eigenvalue weighted by Crippen LogP contribution is 2.33. The third kappa shape index (κ3) is 4.57. The smallest absolute Gasteiger partial charge is 0.319 e. The molecular formula is C30H34FN7O3. The Labute approximate surface area is 243 Å². The molecule has 5 heterocycles. The predicted molar refractivity (Wildman–Crippen MR) is 155 cm³/mol. The van der Waals surface area contributed by atoms with Gasteiger partial charge in [0.15, 0.2) is 0 Å². The van der Waals surface area contributed by atoms with Crippen LogP contribution in [0, 0.1) is 5.82 Å². The van der Waals surface area contributed by atoms with Crippen molar-refractivity contribution in [2.45, 2.75) is 57.2 Å². The van der Waals surface area contributed by atoms with Crippen LogP contribution in [0.25, 0.3) is 27.4 Å². The van der Waals surface area contributed by atoms with Gasteiger partial charge in [0.05, 0.1) is 20.0 Å². The highest BCUT2D eigenvalue weighted by atomic mass is 19.1. The standard InChI is InChI=1S/C30H34FN7O3/c1-3-22-24(31)9-6-17-11-21(39)12-25(26(17)22)38-29(40)27-23(13-32-38)28(37-14-18-7-8-19(15-37)33-18)35-30(34-27)41-16-20-5-4-10-36(20)2/h6,9,11-13,18-20,33,39H,3-5,7-8,10,14-16H2,1-2H3/t18-,19+,20-/m0/s1/i2D3,16D2. The van der Waals surface area contributed by atoms with E-state index in [4.69, 9.17) is 11.6 Å². The first kappa shape index (κ1) is 21.0. The molecule has 3 fully saturated rings. The molecule has 3 saturated heterocycles. The molecule has 0 saturated carbocycles. The Morgan fingerprint density at radius 3 is 2.83 bits per heavy atom. The summed E-state index contributed by atoms with van der Waals surface area (Å²) < 4.78 is 63.0. The number of likely N-dealkylation sites (N-methyl/N-ethyl adjacent to an activating group) is 1. The zero-order chi connectivity index (χ0) is 32.5. The summed E-state index contributed by atoms with van der Waals surface area (Å²) >= 11 is 0. The molecule has 3 atom stereocenters. The molecule has 0 radical (unpaired) electrons. The fraction of sp³-hybridized carbons (Fsp3) is 0.467. The zero-order valence-electron chi connectivity index (χ0n) is 27.6. The SMILES string of the molecule is [2H]C([2H])(Oc1nc(N2C[C@H]3CC[C@@H](C2)N3)c2cnn(-c3cc(O)cc4ccc(F)c(CC)c34)c(=O)c2n1)[C@@H]1CCCN1C([2H])([2H])[2H]. The van der Waals surface area contributed by atoms with Crippen LogP contribution in [0.2, 0.25) is 0 Å². The van der Waals surface area contributed by atoms with Gasteiger partial charge >= 0.3 is 6.01 Å². The van der Waals surface area contributed by atoms with Crippen molar-refractivity contribution >= 4 is 27.5 Å². The number of aryl methyl sites for hydroxylation is 1. The molecule has 0 spiro atoms. The molecule has 214 valence electrons. The summed E-state index contributed by atoms with van der Waals surface area (Å²) in [5.74, 6) is -0.243. The first-order valence-corrected chi connectivity index (χ1v) is 14.1. The molecule has 2 aromatic carbocycles. The Morgan fingerprint density at radius 1 is 1.22 bits per heavy atom. The van der Waals surface area contributed by atoms with Crippen LogP contribution >= 0.6 is 0 Å². The van der Waals surface area contributed by atoms with Crippen molar-refractivity contribution in [1.29, 1.82) is 0 Å². The molecule has 2 N–H and O–H groups in total. The van der Waals surface area contributed by atoms with E-state index in [1.54, 1.807) is 6.92 Å². The van der Waals surface area contributed by atoms with Crippen LogP contribution in [0.3, 0.4) is 0 Å². The van der Waals surface area contributed by atoms with E-state index in [1.807, 2.05) is 4.90 Å². The van der Waals surface area contributed by atoms with Gasteiger partial charge in [0.1, 0.15) is 29.5 Å². The minimum absolute atomic E-state index is 0.110. The summed E-state index contributed by atoms with van der Waals surface area (Å²) in [7, 11) is 0. The molecule has 7 rings (SSSR count). The summed E-state index contributed by atoms with van der Waals surface area (Å²) in [6.07, 6.45) is 4.47. The molecule has 41 heavy (non-hydrogen) atoms. The number of anilines is 1. The molecule has 4 aromatic rings. The molecule has 3 aliphatic rings. The number of aromatic nitrogens is 4. The fourth-order valence-electron chi connectivity index (χ4n) is 6.42. The van der Waals surface area contributed by atoms with Gasteiger partial charge in [-0.15, -0.1) is 0 Å². The molecule has 2 aromatic heterocycles. The number of rotatable bonds is 6. The summed E-state index contributed by atoms with van der Waals surface area (Å²) in [4.78, 5) is 26.4. The number of benzene rings is 2.